The lowest BCUT2D eigenvalue weighted by molar-refractivity contribution is -0.141. The molecule has 0 unspecified atom stereocenters. The number of amides is 1. The van der Waals surface area contributed by atoms with Crippen LogP contribution in [0.5, 0.6) is 0 Å². The number of benzene rings is 1. The molecular formula is C20H15ClF3N5O. The zero-order valence-electron chi connectivity index (χ0n) is 16.1. The third-order valence-corrected chi connectivity index (χ3v) is 4.95. The van der Waals surface area contributed by atoms with Gasteiger partial charge in [-0.15, -0.1) is 0 Å². The van der Waals surface area contributed by atoms with E-state index in [0.717, 1.165) is 23.2 Å². The minimum atomic E-state index is -4.55. The van der Waals surface area contributed by atoms with Crippen LogP contribution in [-0.4, -0.2) is 44.4 Å². The molecule has 154 valence electrons. The van der Waals surface area contributed by atoms with E-state index in [-0.39, 0.29) is 23.0 Å². The molecule has 0 atom stereocenters. The first kappa shape index (κ1) is 20.1. The number of aryl methyl sites for hydroxylation is 1. The molecule has 4 rings (SSSR count). The summed E-state index contributed by atoms with van der Waals surface area (Å²) in [5, 5.41) is 1.82. The van der Waals surface area contributed by atoms with Crippen molar-refractivity contribution in [3.8, 4) is 11.4 Å². The van der Waals surface area contributed by atoms with Gasteiger partial charge < -0.3 is 9.47 Å². The van der Waals surface area contributed by atoms with Gasteiger partial charge in [0.2, 0.25) is 0 Å². The molecule has 0 aliphatic carbocycles. The second-order valence-corrected chi connectivity index (χ2v) is 7.38. The molecule has 0 N–H and O–H groups in total. The fourth-order valence-corrected chi connectivity index (χ4v) is 3.40. The third-order valence-electron chi connectivity index (χ3n) is 4.72. The molecule has 0 aliphatic rings. The highest BCUT2D eigenvalue weighted by atomic mass is 35.5. The number of rotatable bonds is 2. The molecule has 10 heteroatoms. The minimum Gasteiger partial charge on any atom is -0.343 e. The number of aromatic nitrogens is 4. The molecule has 0 fully saturated rings. The Kier molecular flexibility index (Phi) is 4.65. The lowest BCUT2D eigenvalue weighted by atomic mass is 10.1. The number of nitrogens with zero attached hydrogens (tertiary/aromatic N) is 5. The van der Waals surface area contributed by atoms with Crippen LogP contribution in [0.1, 0.15) is 16.2 Å². The van der Waals surface area contributed by atoms with Crippen LogP contribution in [0.15, 0.2) is 36.5 Å². The third kappa shape index (κ3) is 3.24. The summed E-state index contributed by atoms with van der Waals surface area (Å²) in [6, 6.07) is 7.34. The average Bonchev–Trinajstić information content (AvgIpc) is 2.98. The van der Waals surface area contributed by atoms with E-state index in [1.165, 1.54) is 11.0 Å². The van der Waals surface area contributed by atoms with Crippen molar-refractivity contribution in [2.75, 3.05) is 14.1 Å². The van der Waals surface area contributed by atoms with Crippen molar-refractivity contribution in [1.82, 2.24) is 24.4 Å². The Hall–Kier alpha value is -3.20. The summed E-state index contributed by atoms with van der Waals surface area (Å²) in [7, 11) is 4.96. The van der Waals surface area contributed by atoms with E-state index in [1.807, 2.05) is 0 Å². The fourth-order valence-electron chi connectivity index (χ4n) is 3.24. The zero-order chi connectivity index (χ0) is 21.8. The molecule has 30 heavy (non-hydrogen) atoms. The van der Waals surface area contributed by atoms with Gasteiger partial charge in [0, 0.05) is 43.3 Å². The predicted octanol–water partition coefficient (Wildman–Crippen LogP) is 4.56. The first-order valence-corrected chi connectivity index (χ1v) is 9.16. The molecule has 3 heterocycles. The molecule has 1 aromatic carbocycles. The molecule has 0 saturated carbocycles. The molecule has 0 aliphatic heterocycles. The lowest BCUT2D eigenvalue weighted by Crippen LogP contribution is -2.23. The molecular weight excluding hydrogens is 419 g/mol. The van der Waals surface area contributed by atoms with Gasteiger partial charge >= 0.3 is 6.18 Å². The van der Waals surface area contributed by atoms with Gasteiger partial charge in [-0.2, -0.15) is 13.2 Å². The van der Waals surface area contributed by atoms with Crippen molar-refractivity contribution in [1.29, 1.82) is 0 Å². The van der Waals surface area contributed by atoms with E-state index in [0.29, 0.717) is 16.1 Å². The highest BCUT2D eigenvalue weighted by Gasteiger charge is 2.32. The summed E-state index contributed by atoms with van der Waals surface area (Å²) in [6.07, 6.45) is -3.50. The van der Waals surface area contributed by atoms with Gasteiger partial charge in [0.05, 0.1) is 10.9 Å². The summed E-state index contributed by atoms with van der Waals surface area (Å²) in [6.45, 7) is 0. The maximum atomic E-state index is 12.9. The lowest BCUT2D eigenvalue weighted by Gasteiger charge is -2.12. The summed E-state index contributed by atoms with van der Waals surface area (Å²) >= 11 is 6.13. The van der Waals surface area contributed by atoms with Crippen LogP contribution >= 0.6 is 11.6 Å². The van der Waals surface area contributed by atoms with Crippen LogP contribution < -0.4 is 0 Å². The number of pyridine rings is 1. The van der Waals surface area contributed by atoms with Gasteiger partial charge in [-0.3, -0.25) is 9.78 Å². The van der Waals surface area contributed by atoms with Crippen LogP contribution in [0, 0.1) is 0 Å². The van der Waals surface area contributed by atoms with E-state index in [4.69, 9.17) is 11.6 Å². The Labute approximate surface area is 173 Å². The van der Waals surface area contributed by atoms with Crippen LogP contribution in [-0.2, 0) is 13.2 Å². The van der Waals surface area contributed by atoms with Gasteiger partial charge in [0.15, 0.2) is 5.82 Å². The van der Waals surface area contributed by atoms with Gasteiger partial charge in [0.25, 0.3) is 5.91 Å². The summed E-state index contributed by atoms with van der Waals surface area (Å²) < 4.78 is 40.3. The second kappa shape index (κ2) is 6.94. The monoisotopic (exact) mass is 433 g/mol. The minimum absolute atomic E-state index is 0.103. The van der Waals surface area contributed by atoms with E-state index in [2.05, 4.69) is 15.0 Å². The van der Waals surface area contributed by atoms with Crippen molar-refractivity contribution < 1.29 is 18.0 Å². The van der Waals surface area contributed by atoms with E-state index >= 15 is 0 Å². The van der Waals surface area contributed by atoms with E-state index in [9.17, 15) is 18.0 Å². The number of carbonyl (C=O) groups excluding carboxylic acids is 1. The van der Waals surface area contributed by atoms with Crippen LogP contribution in [0.4, 0.5) is 13.2 Å². The molecule has 0 radical (unpaired) electrons. The van der Waals surface area contributed by atoms with Crippen LogP contribution in [0.2, 0.25) is 5.02 Å². The quantitative estimate of drug-likeness (QED) is 0.465. The van der Waals surface area contributed by atoms with E-state index < -0.39 is 11.9 Å². The predicted molar refractivity (Wildman–Crippen MR) is 107 cm³/mol. The average molecular weight is 434 g/mol. The molecule has 0 saturated heterocycles. The standard InChI is InChI=1S/C20H15ClF3N5O/c1-28(2)19(30)16-15-12-6-5-11(21)8-13(12)29(3)18(15)27-17(26-16)10-4-7-14(25-9-10)20(22,23)24/h4-9H,1-3H3. The molecule has 4 aromatic rings. The molecule has 1 amide bonds. The zero-order valence-corrected chi connectivity index (χ0v) is 16.9. The number of alkyl halides is 3. The highest BCUT2D eigenvalue weighted by Crippen LogP contribution is 2.33. The smallest absolute Gasteiger partial charge is 0.343 e. The van der Waals surface area contributed by atoms with Gasteiger partial charge in [0.1, 0.15) is 17.0 Å². The highest BCUT2D eigenvalue weighted by molar-refractivity contribution is 6.31. The van der Waals surface area contributed by atoms with Crippen molar-refractivity contribution in [3.63, 3.8) is 0 Å². The van der Waals surface area contributed by atoms with Crippen LogP contribution in [0.25, 0.3) is 33.3 Å². The Morgan fingerprint density at radius 1 is 1.13 bits per heavy atom. The van der Waals surface area contributed by atoms with Gasteiger partial charge in [-0.05, 0) is 24.3 Å². The van der Waals surface area contributed by atoms with Crippen LogP contribution in [0.3, 0.4) is 0 Å². The van der Waals surface area contributed by atoms with Gasteiger partial charge in [-0.25, -0.2) is 9.97 Å². The Balaban J connectivity index is 2.02. The van der Waals surface area contributed by atoms with Crippen molar-refractivity contribution >= 4 is 39.4 Å². The first-order valence-electron chi connectivity index (χ1n) is 8.79. The number of hydrogen-bond acceptors (Lipinski definition) is 4. The molecule has 6 nitrogen and oxygen atoms in total. The van der Waals surface area contributed by atoms with Crippen molar-refractivity contribution in [3.05, 3.63) is 52.9 Å². The fraction of sp³-hybridized carbons (Fsp3) is 0.200. The molecule has 0 bridgehead atoms. The van der Waals surface area contributed by atoms with Crippen molar-refractivity contribution in [2.24, 2.45) is 7.05 Å². The maximum Gasteiger partial charge on any atom is 0.433 e. The number of carbonyl (C=O) groups is 1. The normalized spacial score (nSPS) is 12.0. The Morgan fingerprint density at radius 2 is 1.87 bits per heavy atom. The number of hydrogen-bond donors (Lipinski definition) is 0. The molecule has 0 spiro atoms. The SMILES string of the molecule is CN(C)C(=O)c1nc(-c2ccc(C(F)(F)F)nc2)nc2c1c1ccc(Cl)cc1n2C. The molecule has 3 aromatic heterocycles. The number of halogens is 4. The Morgan fingerprint density at radius 3 is 2.47 bits per heavy atom. The summed E-state index contributed by atoms with van der Waals surface area (Å²) in [4.78, 5) is 26.7. The van der Waals surface area contributed by atoms with Crippen molar-refractivity contribution in [2.45, 2.75) is 6.18 Å². The summed E-state index contributed by atoms with van der Waals surface area (Å²) in [5.41, 5.74) is 0.606. The topological polar surface area (TPSA) is 63.9 Å². The van der Waals surface area contributed by atoms with E-state index in [1.54, 1.807) is 43.9 Å². The maximum absolute atomic E-state index is 12.9. The largest absolute Gasteiger partial charge is 0.433 e. The second-order valence-electron chi connectivity index (χ2n) is 6.94. The summed E-state index contributed by atoms with van der Waals surface area (Å²) in [5.74, 6) is -0.253. The van der Waals surface area contributed by atoms with Gasteiger partial charge in [-0.1, -0.05) is 17.7 Å². The Bertz CT molecular complexity index is 1300. The first-order chi connectivity index (χ1) is 14.1. The number of fused-ring (bicyclic) bond motifs is 3.